The van der Waals surface area contributed by atoms with Crippen molar-refractivity contribution in [3.05, 3.63) is 71.5 Å². The van der Waals surface area contributed by atoms with Crippen molar-refractivity contribution in [2.24, 2.45) is 0 Å². The number of ether oxygens (including phenoxy) is 1. The van der Waals surface area contributed by atoms with Gasteiger partial charge in [0, 0.05) is 11.8 Å². The van der Waals surface area contributed by atoms with Gasteiger partial charge in [-0.1, -0.05) is 31.2 Å². The average Bonchev–Trinajstić information content (AvgIpc) is 3.00. The number of benzene rings is 2. The highest BCUT2D eigenvalue weighted by atomic mass is 16.5. The SMILES string of the molecule is CCCOc1cccc(NC(=O)C(=O)c2c(C)nn(-c3ccccc3)c2C)c1. The van der Waals surface area contributed by atoms with E-state index in [9.17, 15) is 9.59 Å². The molecule has 0 saturated carbocycles. The van der Waals surface area contributed by atoms with Gasteiger partial charge >= 0.3 is 0 Å². The third kappa shape index (κ3) is 4.11. The number of carbonyl (C=O) groups is 2. The number of nitrogens with zero attached hydrogens (tertiary/aromatic N) is 2. The summed E-state index contributed by atoms with van der Waals surface area (Å²) in [6.45, 7) is 6.12. The number of ketones is 1. The van der Waals surface area contributed by atoms with E-state index in [2.05, 4.69) is 10.4 Å². The lowest BCUT2D eigenvalue weighted by Gasteiger charge is -2.08. The Kier molecular flexibility index (Phi) is 5.89. The Bertz CT molecular complexity index is 994. The normalized spacial score (nSPS) is 10.5. The van der Waals surface area contributed by atoms with Crippen LogP contribution >= 0.6 is 0 Å². The molecule has 0 saturated heterocycles. The second-order valence-corrected chi connectivity index (χ2v) is 6.45. The second kappa shape index (κ2) is 8.52. The van der Waals surface area contributed by atoms with E-state index in [0.29, 0.717) is 35.0 Å². The fourth-order valence-corrected chi connectivity index (χ4v) is 2.98. The molecule has 0 aliphatic carbocycles. The summed E-state index contributed by atoms with van der Waals surface area (Å²) in [5, 5.41) is 7.09. The zero-order valence-electron chi connectivity index (χ0n) is 16.2. The van der Waals surface area contributed by atoms with Gasteiger partial charge in [-0.25, -0.2) is 4.68 Å². The lowest BCUT2D eigenvalue weighted by atomic mass is 10.1. The number of aromatic nitrogens is 2. The van der Waals surface area contributed by atoms with Crippen LogP contribution in [-0.4, -0.2) is 28.1 Å². The summed E-state index contributed by atoms with van der Waals surface area (Å²) in [5.74, 6) is -0.667. The minimum atomic E-state index is -0.702. The fraction of sp³-hybridized carbons (Fsp3) is 0.227. The second-order valence-electron chi connectivity index (χ2n) is 6.45. The molecule has 0 atom stereocenters. The Balaban J connectivity index is 1.81. The molecule has 3 aromatic rings. The van der Waals surface area contributed by atoms with Gasteiger partial charge in [-0.3, -0.25) is 9.59 Å². The van der Waals surface area contributed by atoms with Gasteiger partial charge in [0.1, 0.15) is 5.75 Å². The van der Waals surface area contributed by atoms with Gasteiger partial charge in [0.2, 0.25) is 0 Å². The first-order valence-electron chi connectivity index (χ1n) is 9.21. The summed E-state index contributed by atoms with van der Waals surface area (Å²) in [5.41, 5.74) is 2.81. The molecule has 0 radical (unpaired) electrons. The van der Waals surface area contributed by atoms with Crippen LogP contribution in [0.15, 0.2) is 54.6 Å². The van der Waals surface area contributed by atoms with Gasteiger partial charge in [0.15, 0.2) is 0 Å². The van der Waals surface area contributed by atoms with Crippen LogP contribution < -0.4 is 10.1 Å². The van der Waals surface area contributed by atoms with E-state index in [-0.39, 0.29) is 0 Å². The van der Waals surface area contributed by atoms with Crippen LogP contribution in [0, 0.1) is 13.8 Å². The van der Waals surface area contributed by atoms with Gasteiger partial charge in [-0.15, -0.1) is 0 Å². The van der Waals surface area contributed by atoms with Gasteiger partial charge < -0.3 is 10.1 Å². The Morgan fingerprint density at radius 1 is 1.07 bits per heavy atom. The zero-order valence-corrected chi connectivity index (χ0v) is 16.2. The summed E-state index contributed by atoms with van der Waals surface area (Å²) >= 11 is 0. The Morgan fingerprint density at radius 2 is 1.82 bits per heavy atom. The Labute approximate surface area is 164 Å². The molecule has 0 spiro atoms. The minimum Gasteiger partial charge on any atom is -0.494 e. The van der Waals surface area contributed by atoms with Gasteiger partial charge in [-0.05, 0) is 44.5 Å². The van der Waals surface area contributed by atoms with Crippen molar-refractivity contribution in [2.75, 3.05) is 11.9 Å². The Hall–Kier alpha value is -3.41. The predicted octanol–water partition coefficient (Wildman–Crippen LogP) is 4.10. The van der Waals surface area contributed by atoms with E-state index in [4.69, 9.17) is 4.74 Å². The summed E-state index contributed by atoms with van der Waals surface area (Å²) in [4.78, 5) is 25.3. The molecule has 6 nitrogen and oxygen atoms in total. The first-order valence-corrected chi connectivity index (χ1v) is 9.21. The maximum atomic E-state index is 12.8. The fourth-order valence-electron chi connectivity index (χ4n) is 2.98. The molecule has 6 heteroatoms. The van der Waals surface area contributed by atoms with Crippen molar-refractivity contribution < 1.29 is 14.3 Å². The number of Topliss-reactive ketones (excluding diaryl/α,β-unsaturated/α-hetero) is 1. The van der Waals surface area contributed by atoms with Crippen LogP contribution in [-0.2, 0) is 4.79 Å². The highest BCUT2D eigenvalue weighted by Crippen LogP contribution is 2.21. The molecular formula is C22H23N3O3. The van der Waals surface area contributed by atoms with E-state index in [1.165, 1.54) is 0 Å². The van der Waals surface area contributed by atoms with Gasteiger partial charge in [0.25, 0.3) is 11.7 Å². The molecule has 1 heterocycles. The third-order valence-electron chi connectivity index (χ3n) is 4.29. The highest BCUT2D eigenvalue weighted by molar-refractivity contribution is 6.47. The molecule has 144 valence electrons. The molecule has 1 N–H and O–H groups in total. The molecule has 3 rings (SSSR count). The lowest BCUT2D eigenvalue weighted by molar-refractivity contribution is -0.112. The summed E-state index contributed by atoms with van der Waals surface area (Å²) in [7, 11) is 0. The molecule has 0 fully saturated rings. The maximum Gasteiger partial charge on any atom is 0.296 e. The highest BCUT2D eigenvalue weighted by Gasteiger charge is 2.25. The number of amides is 1. The largest absolute Gasteiger partial charge is 0.494 e. The van der Waals surface area contributed by atoms with Crippen molar-refractivity contribution in [1.29, 1.82) is 0 Å². The van der Waals surface area contributed by atoms with Crippen LogP contribution in [0.4, 0.5) is 5.69 Å². The number of carbonyl (C=O) groups excluding carboxylic acids is 2. The van der Waals surface area contributed by atoms with Crippen LogP contribution in [0.1, 0.15) is 35.1 Å². The molecule has 28 heavy (non-hydrogen) atoms. The number of aryl methyl sites for hydroxylation is 1. The lowest BCUT2D eigenvalue weighted by Crippen LogP contribution is -2.24. The van der Waals surface area contributed by atoms with E-state index >= 15 is 0 Å². The number of anilines is 1. The van der Waals surface area contributed by atoms with Crippen LogP contribution in [0.3, 0.4) is 0 Å². The molecule has 0 aliphatic heterocycles. The molecule has 2 aromatic carbocycles. The van der Waals surface area contributed by atoms with Crippen molar-refractivity contribution in [2.45, 2.75) is 27.2 Å². The van der Waals surface area contributed by atoms with Crippen LogP contribution in [0.25, 0.3) is 5.69 Å². The maximum absolute atomic E-state index is 12.8. The molecule has 0 bridgehead atoms. The number of para-hydroxylation sites is 1. The quantitative estimate of drug-likeness (QED) is 0.497. The smallest absolute Gasteiger partial charge is 0.296 e. The van der Waals surface area contributed by atoms with Crippen LogP contribution in [0.2, 0.25) is 0 Å². The minimum absolute atomic E-state index is 0.319. The van der Waals surface area contributed by atoms with Crippen LogP contribution in [0.5, 0.6) is 5.75 Å². The van der Waals surface area contributed by atoms with Crippen molar-refractivity contribution in [3.63, 3.8) is 0 Å². The van der Waals surface area contributed by atoms with E-state index in [0.717, 1.165) is 12.1 Å². The Morgan fingerprint density at radius 3 is 2.54 bits per heavy atom. The first kappa shape index (κ1) is 19.4. The van der Waals surface area contributed by atoms with E-state index in [1.54, 1.807) is 36.7 Å². The number of nitrogens with one attached hydrogen (secondary N) is 1. The molecule has 0 unspecified atom stereocenters. The molecular weight excluding hydrogens is 354 g/mol. The topological polar surface area (TPSA) is 73.2 Å². The van der Waals surface area contributed by atoms with Crippen molar-refractivity contribution >= 4 is 17.4 Å². The summed E-state index contributed by atoms with van der Waals surface area (Å²) < 4.78 is 7.24. The third-order valence-corrected chi connectivity index (χ3v) is 4.29. The van der Waals surface area contributed by atoms with Gasteiger partial charge in [0.05, 0.1) is 29.2 Å². The first-order chi connectivity index (χ1) is 13.5. The monoisotopic (exact) mass is 377 g/mol. The standard InChI is InChI=1S/C22H23N3O3/c1-4-13-28-19-12-8-9-17(14-19)23-22(27)21(26)20-15(2)24-25(16(20)3)18-10-6-5-7-11-18/h5-12,14H,4,13H2,1-3H3,(H,23,27). The summed E-state index contributed by atoms with van der Waals surface area (Å²) in [6, 6.07) is 16.5. The van der Waals surface area contributed by atoms with Crippen molar-refractivity contribution in [1.82, 2.24) is 9.78 Å². The summed E-state index contributed by atoms with van der Waals surface area (Å²) in [6.07, 6.45) is 0.888. The molecule has 1 aromatic heterocycles. The number of hydrogen-bond donors (Lipinski definition) is 1. The van der Waals surface area contributed by atoms with E-state index < -0.39 is 11.7 Å². The molecule has 0 aliphatic rings. The van der Waals surface area contributed by atoms with Gasteiger partial charge in [-0.2, -0.15) is 5.10 Å². The zero-order chi connectivity index (χ0) is 20.1. The molecule has 1 amide bonds. The van der Waals surface area contributed by atoms with Crippen molar-refractivity contribution in [3.8, 4) is 11.4 Å². The van der Waals surface area contributed by atoms with E-state index in [1.807, 2.05) is 43.3 Å². The number of hydrogen-bond acceptors (Lipinski definition) is 4. The predicted molar refractivity (Wildman–Crippen MR) is 108 cm³/mol. The number of rotatable bonds is 7. The average molecular weight is 377 g/mol.